The second-order valence-electron chi connectivity index (χ2n) is 4.11. The second-order valence-corrected chi connectivity index (χ2v) is 4.49. The second kappa shape index (κ2) is 4.76. The quantitative estimate of drug-likeness (QED) is 0.701. The summed E-state index contributed by atoms with van der Waals surface area (Å²) in [5.74, 6) is -0.729. The topological polar surface area (TPSA) is 35.3 Å². The van der Waals surface area contributed by atoms with Gasteiger partial charge in [0.05, 0.1) is 12.5 Å². The van der Waals surface area contributed by atoms with Crippen molar-refractivity contribution in [3.05, 3.63) is 47.0 Å². The molecule has 0 aliphatic heterocycles. The molecule has 3 aromatic rings. The molecular formula is C14H8ClF2NO2. The maximum Gasteiger partial charge on any atom is 0.189 e. The van der Waals surface area contributed by atoms with Crippen LogP contribution in [0.3, 0.4) is 0 Å². The molecule has 0 spiro atoms. The van der Waals surface area contributed by atoms with Crippen LogP contribution in [0.25, 0.3) is 22.2 Å². The standard InChI is InChI=1S/C14H8ClF2NO2/c1-19-11-5-3-8-13(18-20-14(8)12(11)15)9-6-7(16)2-4-10(9)17/h2-6H,1H3. The summed E-state index contributed by atoms with van der Waals surface area (Å²) in [5.41, 5.74) is 0.483. The van der Waals surface area contributed by atoms with Gasteiger partial charge in [0.15, 0.2) is 5.58 Å². The molecule has 0 atom stereocenters. The third-order valence-corrected chi connectivity index (χ3v) is 3.31. The molecule has 3 nitrogen and oxygen atoms in total. The maximum absolute atomic E-state index is 13.8. The maximum atomic E-state index is 13.8. The molecule has 0 amide bonds. The lowest BCUT2D eigenvalue weighted by Crippen LogP contribution is -1.87. The van der Waals surface area contributed by atoms with Crippen LogP contribution < -0.4 is 4.74 Å². The molecule has 0 aliphatic carbocycles. The summed E-state index contributed by atoms with van der Waals surface area (Å²) in [6.45, 7) is 0. The average Bonchev–Trinajstić information content (AvgIpc) is 2.86. The molecule has 0 radical (unpaired) electrons. The Morgan fingerprint density at radius 1 is 1.20 bits per heavy atom. The van der Waals surface area contributed by atoms with Crippen molar-refractivity contribution in [1.82, 2.24) is 5.16 Å². The lowest BCUT2D eigenvalue weighted by molar-refractivity contribution is 0.412. The lowest BCUT2D eigenvalue weighted by atomic mass is 10.1. The summed E-state index contributed by atoms with van der Waals surface area (Å²) in [4.78, 5) is 0. The summed E-state index contributed by atoms with van der Waals surface area (Å²) in [6.07, 6.45) is 0. The van der Waals surface area contributed by atoms with Crippen LogP contribution in [-0.2, 0) is 0 Å². The molecule has 0 N–H and O–H groups in total. The number of hydrogen-bond donors (Lipinski definition) is 0. The van der Waals surface area contributed by atoms with Crippen LogP contribution >= 0.6 is 11.6 Å². The van der Waals surface area contributed by atoms with Crippen molar-refractivity contribution in [3.63, 3.8) is 0 Å². The van der Waals surface area contributed by atoms with E-state index in [0.29, 0.717) is 11.1 Å². The smallest absolute Gasteiger partial charge is 0.189 e. The van der Waals surface area contributed by atoms with Gasteiger partial charge in [0.2, 0.25) is 0 Å². The molecule has 6 heteroatoms. The van der Waals surface area contributed by atoms with Crippen LogP contribution in [0.2, 0.25) is 5.02 Å². The molecule has 0 saturated carbocycles. The molecule has 20 heavy (non-hydrogen) atoms. The number of rotatable bonds is 2. The highest BCUT2D eigenvalue weighted by molar-refractivity contribution is 6.36. The van der Waals surface area contributed by atoms with Gasteiger partial charge >= 0.3 is 0 Å². The Morgan fingerprint density at radius 3 is 2.75 bits per heavy atom. The molecule has 1 heterocycles. The zero-order valence-corrected chi connectivity index (χ0v) is 11.0. The zero-order chi connectivity index (χ0) is 14.3. The first kappa shape index (κ1) is 12.9. The Kier molecular flexibility index (Phi) is 3.06. The van der Waals surface area contributed by atoms with Gasteiger partial charge in [-0.2, -0.15) is 0 Å². The lowest BCUT2D eigenvalue weighted by Gasteiger charge is -2.02. The summed E-state index contributed by atoms with van der Waals surface area (Å²) in [5, 5.41) is 4.51. The minimum atomic E-state index is -0.589. The van der Waals surface area contributed by atoms with E-state index in [4.69, 9.17) is 20.9 Å². The van der Waals surface area contributed by atoms with E-state index in [2.05, 4.69) is 5.16 Å². The largest absolute Gasteiger partial charge is 0.495 e. The number of halogens is 3. The Balaban J connectivity index is 2.28. The third kappa shape index (κ3) is 1.91. The predicted octanol–water partition coefficient (Wildman–Crippen LogP) is 4.44. The van der Waals surface area contributed by atoms with E-state index in [0.717, 1.165) is 18.2 Å². The van der Waals surface area contributed by atoms with E-state index in [1.807, 2.05) is 0 Å². The molecule has 0 unspecified atom stereocenters. The van der Waals surface area contributed by atoms with Gasteiger partial charge in [-0.05, 0) is 30.3 Å². The Hall–Kier alpha value is -2.14. The van der Waals surface area contributed by atoms with Gasteiger partial charge in [0.1, 0.15) is 28.1 Å². The molecular weight excluding hydrogens is 288 g/mol. The van der Waals surface area contributed by atoms with Crippen molar-refractivity contribution >= 4 is 22.6 Å². The highest BCUT2D eigenvalue weighted by Crippen LogP contribution is 2.38. The van der Waals surface area contributed by atoms with Crippen molar-refractivity contribution in [3.8, 4) is 17.0 Å². The van der Waals surface area contributed by atoms with E-state index in [1.54, 1.807) is 12.1 Å². The van der Waals surface area contributed by atoms with Crippen molar-refractivity contribution < 1.29 is 18.0 Å². The van der Waals surface area contributed by atoms with Gasteiger partial charge in [-0.15, -0.1) is 0 Å². The van der Waals surface area contributed by atoms with Gasteiger partial charge in [-0.25, -0.2) is 8.78 Å². The number of nitrogens with zero attached hydrogens (tertiary/aromatic N) is 1. The molecule has 0 aliphatic rings. The van der Waals surface area contributed by atoms with E-state index in [1.165, 1.54) is 7.11 Å². The van der Waals surface area contributed by atoms with Gasteiger partial charge in [0.25, 0.3) is 0 Å². The number of fused-ring (bicyclic) bond motifs is 1. The van der Waals surface area contributed by atoms with E-state index in [-0.39, 0.29) is 21.9 Å². The normalized spacial score (nSPS) is 11.0. The van der Waals surface area contributed by atoms with Gasteiger partial charge in [-0.1, -0.05) is 16.8 Å². The summed E-state index contributed by atoms with van der Waals surface area (Å²) in [7, 11) is 1.47. The Labute approximate surface area is 117 Å². The number of methoxy groups -OCH3 is 1. The fraction of sp³-hybridized carbons (Fsp3) is 0.0714. The SMILES string of the molecule is COc1ccc2c(-c3cc(F)ccc3F)noc2c1Cl. The van der Waals surface area contributed by atoms with Gasteiger partial charge < -0.3 is 9.26 Å². The molecule has 1 aromatic heterocycles. The first-order valence-electron chi connectivity index (χ1n) is 5.69. The van der Waals surface area contributed by atoms with E-state index >= 15 is 0 Å². The molecule has 3 rings (SSSR count). The fourth-order valence-electron chi connectivity index (χ4n) is 1.99. The van der Waals surface area contributed by atoms with E-state index < -0.39 is 11.6 Å². The van der Waals surface area contributed by atoms with Crippen molar-refractivity contribution in [1.29, 1.82) is 0 Å². The van der Waals surface area contributed by atoms with Crippen molar-refractivity contribution in [2.75, 3.05) is 7.11 Å². The van der Waals surface area contributed by atoms with Gasteiger partial charge in [0, 0.05) is 5.56 Å². The van der Waals surface area contributed by atoms with Gasteiger partial charge in [-0.3, -0.25) is 0 Å². The highest BCUT2D eigenvalue weighted by atomic mass is 35.5. The summed E-state index contributed by atoms with van der Waals surface area (Å²) in [6, 6.07) is 6.39. The van der Waals surface area contributed by atoms with Crippen LogP contribution in [0.1, 0.15) is 0 Å². The first-order chi connectivity index (χ1) is 9.61. The van der Waals surface area contributed by atoms with Crippen LogP contribution in [0, 0.1) is 11.6 Å². The minimum Gasteiger partial charge on any atom is -0.495 e. The number of hydrogen-bond acceptors (Lipinski definition) is 3. The zero-order valence-electron chi connectivity index (χ0n) is 10.3. The van der Waals surface area contributed by atoms with Crippen molar-refractivity contribution in [2.45, 2.75) is 0 Å². The van der Waals surface area contributed by atoms with Crippen LogP contribution in [-0.4, -0.2) is 12.3 Å². The number of ether oxygens (including phenoxy) is 1. The average molecular weight is 296 g/mol. The fourth-order valence-corrected chi connectivity index (χ4v) is 2.26. The highest BCUT2D eigenvalue weighted by Gasteiger charge is 2.18. The first-order valence-corrected chi connectivity index (χ1v) is 6.07. The Morgan fingerprint density at radius 2 is 2.00 bits per heavy atom. The van der Waals surface area contributed by atoms with Crippen LogP contribution in [0.5, 0.6) is 5.75 Å². The van der Waals surface area contributed by atoms with Crippen molar-refractivity contribution in [2.24, 2.45) is 0 Å². The Bertz CT molecular complexity index is 801. The van der Waals surface area contributed by atoms with Crippen LogP contribution in [0.15, 0.2) is 34.9 Å². The predicted molar refractivity (Wildman–Crippen MR) is 70.9 cm³/mol. The molecule has 2 aromatic carbocycles. The van der Waals surface area contributed by atoms with Crippen LogP contribution in [0.4, 0.5) is 8.78 Å². The minimum absolute atomic E-state index is 0.0185. The number of benzene rings is 2. The summed E-state index contributed by atoms with van der Waals surface area (Å²) >= 11 is 6.09. The number of aromatic nitrogens is 1. The molecule has 0 saturated heterocycles. The van der Waals surface area contributed by atoms with E-state index in [9.17, 15) is 8.78 Å². The molecule has 102 valence electrons. The summed E-state index contributed by atoms with van der Waals surface area (Å²) < 4.78 is 37.2. The third-order valence-electron chi connectivity index (χ3n) is 2.95. The molecule has 0 fully saturated rings. The monoisotopic (exact) mass is 295 g/mol. The molecule has 0 bridgehead atoms.